The Morgan fingerprint density at radius 3 is 1.40 bits per heavy atom. The number of nitrogens with one attached hydrogen (secondary N) is 5. The minimum atomic E-state index is -0.813. The van der Waals surface area contributed by atoms with Crippen LogP contribution < -0.4 is 32.5 Å². The van der Waals surface area contributed by atoms with E-state index in [9.17, 15) is 33.6 Å². The third kappa shape index (κ3) is 17.4. The minimum absolute atomic E-state index is 0.0243. The van der Waals surface area contributed by atoms with E-state index < -0.39 is 12.1 Å². The standard InChI is InChI=1S/C20H23N3O5.C19H20N4O4.C15H14N2O4.C3H8N2O2/c1-12(27-2)17(24)11-21-19(25)14-8-15(9-14)22-20(26)18-10-16(23-28-18)13-6-4-3-5-7-13;1-11(25-2)18-21-22-19(26-18)13-8-14(9-13)20-17(24)16-10-15(23-27-16)12-6-4-3-5-7-12;18-14(16-11-6-10(7-11)15(19)20)13-8-12(17-21-13)9-4-2-1-3-5-9;1-7-2-3(6)5-4/h3-7,10,12,14-15H,8-9,11H2,1-2H3,(H,21,25)(H,22,26);3-7,10-11,13-14H,8-9H2,1-2H3,(H,20,24);1-5,8,10-11H,6-7H2,(H,16,18)(H,19,20);2,4H2,1H3,(H,5,6)/t12-,14?,15?;11-,13?,14?;;/m11../s1. The Labute approximate surface area is 475 Å². The summed E-state index contributed by atoms with van der Waals surface area (Å²) in [6.45, 7) is 3.45. The fourth-order valence-electron chi connectivity index (χ4n) is 8.42. The molecule has 0 bridgehead atoms. The van der Waals surface area contributed by atoms with Crippen LogP contribution in [0.2, 0.25) is 0 Å². The molecule has 0 spiro atoms. The Balaban J connectivity index is 0.000000170. The number of carboxylic acid groups (broad SMARTS) is 1. The highest BCUT2D eigenvalue weighted by molar-refractivity contribution is 5.94. The van der Waals surface area contributed by atoms with Crippen molar-refractivity contribution in [3.05, 3.63) is 138 Å². The number of nitrogens with two attached hydrogens (primary N) is 1. The van der Waals surface area contributed by atoms with E-state index in [2.05, 4.69) is 57.5 Å². The molecule has 83 heavy (non-hydrogen) atoms. The highest BCUT2D eigenvalue weighted by Crippen LogP contribution is 2.37. The summed E-state index contributed by atoms with van der Waals surface area (Å²) in [5.74, 6) is 3.28. The summed E-state index contributed by atoms with van der Waals surface area (Å²) >= 11 is 0. The molecule has 26 nitrogen and oxygen atoms in total. The maximum absolute atomic E-state index is 12.4. The van der Waals surface area contributed by atoms with E-state index >= 15 is 0 Å². The summed E-state index contributed by atoms with van der Waals surface area (Å²) in [5.41, 5.74) is 6.36. The van der Waals surface area contributed by atoms with Crippen LogP contribution in [0.5, 0.6) is 0 Å². The molecule has 2 atom stereocenters. The maximum atomic E-state index is 12.4. The first-order valence-electron chi connectivity index (χ1n) is 26.5. The predicted molar refractivity (Wildman–Crippen MR) is 293 cm³/mol. The first-order valence-corrected chi connectivity index (χ1v) is 26.5. The summed E-state index contributed by atoms with van der Waals surface area (Å²) in [5, 5.41) is 39.8. The van der Waals surface area contributed by atoms with E-state index in [-0.39, 0.29) is 108 Å². The van der Waals surface area contributed by atoms with Gasteiger partial charge in [-0.25, -0.2) is 5.84 Å². The molecule has 26 heteroatoms. The number of aromatic nitrogens is 5. The van der Waals surface area contributed by atoms with Gasteiger partial charge in [-0.1, -0.05) is 106 Å². The molecule has 438 valence electrons. The van der Waals surface area contributed by atoms with Crippen LogP contribution in [0, 0.1) is 11.8 Å². The normalized spacial score (nSPS) is 19.0. The zero-order valence-corrected chi connectivity index (χ0v) is 46.1. The van der Waals surface area contributed by atoms with Crippen LogP contribution in [-0.2, 0) is 33.4 Å². The molecular formula is C57H65N11O15. The van der Waals surface area contributed by atoms with Gasteiger partial charge in [0.15, 0.2) is 5.78 Å². The molecule has 4 aromatic heterocycles. The van der Waals surface area contributed by atoms with E-state index in [1.165, 1.54) is 14.2 Å². The number of hydrazine groups is 1. The number of carboxylic acids is 1. The van der Waals surface area contributed by atoms with E-state index in [0.29, 0.717) is 54.5 Å². The number of carbonyl (C=O) groups excluding carboxylic acids is 6. The van der Waals surface area contributed by atoms with Crippen molar-refractivity contribution >= 4 is 41.3 Å². The average molecular weight is 1140 g/mol. The molecular weight excluding hydrogens is 1080 g/mol. The Hall–Kier alpha value is -9.24. The number of amides is 5. The van der Waals surface area contributed by atoms with Crippen molar-refractivity contribution in [1.29, 1.82) is 0 Å². The lowest BCUT2D eigenvalue weighted by Crippen LogP contribution is -2.50. The number of hydrogen-bond donors (Lipinski definition) is 7. The van der Waals surface area contributed by atoms with Crippen molar-refractivity contribution in [1.82, 2.24) is 52.4 Å². The van der Waals surface area contributed by atoms with Crippen molar-refractivity contribution in [2.75, 3.05) is 34.5 Å². The van der Waals surface area contributed by atoms with Crippen molar-refractivity contribution in [3.63, 3.8) is 0 Å². The molecule has 5 amide bonds. The molecule has 8 N–H and O–H groups in total. The molecule has 3 fully saturated rings. The fourth-order valence-corrected chi connectivity index (χ4v) is 8.42. The number of benzene rings is 3. The summed E-state index contributed by atoms with van der Waals surface area (Å²) in [6.07, 6.45) is 2.67. The number of methoxy groups -OCH3 is 3. The van der Waals surface area contributed by atoms with E-state index in [4.69, 9.17) is 32.6 Å². The van der Waals surface area contributed by atoms with Crippen molar-refractivity contribution < 1.29 is 70.9 Å². The van der Waals surface area contributed by atoms with Gasteiger partial charge in [0.2, 0.25) is 35.0 Å². The molecule has 0 aliphatic heterocycles. The van der Waals surface area contributed by atoms with E-state index in [1.807, 2.05) is 103 Å². The second-order valence-electron chi connectivity index (χ2n) is 19.6. The van der Waals surface area contributed by atoms with Crippen LogP contribution in [0.4, 0.5) is 0 Å². The zero-order valence-electron chi connectivity index (χ0n) is 46.1. The second kappa shape index (κ2) is 30.0. The van der Waals surface area contributed by atoms with Gasteiger partial charge in [0.05, 0.1) is 12.5 Å². The number of carbonyl (C=O) groups is 7. The summed E-state index contributed by atoms with van der Waals surface area (Å²) < 4.78 is 35.5. The van der Waals surface area contributed by atoms with E-state index in [0.717, 1.165) is 29.5 Å². The SMILES string of the molecule is COCC(=O)NN.CO[C@H](C)C(=O)CNC(=O)C1CC(NC(=O)c2cc(-c3ccccc3)no2)C1.CO[C@H](C)c1nnc(C2CC(NC(=O)c3cc(-c4ccccc4)no3)C2)o1.O=C(NC1CC(C(=O)O)C1)c1cc(-c2ccccc2)no1. The summed E-state index contributed by atoms with van der Waals surface area (Å²) in [4.78, 5) is 81.1. The third-order valence-corrected chi connectivity index (χ3v) is 13.7. The smallest absolute Gasteiger partial charge is 0.306 e. The minimum Gasteiger partial charge on any atom is -0.481 e. The monoisotopic (exact) mass is 1140 g/mol. The summed E-state index contributed by atoms with van der Waals surface area (Å²) in [7, 11) is 4.46. The van der Waals surface area contributed by atoms with Crippen molar-refractivity contribution in [2.24, 2.45) is 17.7 Å². The van der Waals surface area contributed by atoms with E-state index in [1.54, 1.807) is 32.2 Å². The van der Waals surface area contributed by atoms with Gasteiger partial charge in [0.25, 0.3) is 23.6 Å². The lowest BCUT2D eigenvalue weighted by atomic mass is 9.79. The molecule has 3 aliphatic carbocycles. The molecule has 0 radical (unpaired) electrons. The molecule has 3 aromatic carbocycles. The zero-order chi connectivity index (χ0) is 59.4. The fraction of sp³-hybridized carbons (Fsp3) is 0.368. The van der Waals surface area contributed by atoms with Gasteiger partial charge in [0, 0.05) is 86.2 Å². The molecule has 0 unspecified atom stereocenters. The van der Waals surface area contributed by atoms with Gasteiger partial charge in [-0.15, -0.1) is 10.2 Å². The van der Waals surface area contributed by atoms with Gasteiger partial charge in [0.1, 0.15) is 35.9 Å². The van der Waals surface area contributed by atoms with Crippen LogP contribution in [0.3, 0.4) is 0 Å². The van der Waals surface area contributed by atoms with Gasteiger partial charge in [-0.2, -0.15) is 0 Å². The molecule has 0 saturated heterocycles. The summed E-state index contributed by atoms with van der Waals surface area (Å²) in [6, 6.07) is 33.1. The molecule has 3 saturated carbocycles. The number of nitrogens with zero attached hydrogens (tertiary/aromatic N) is 5. The average Bonchev–Trinajstić information content (AvgIpc) is 4.37. The van der Waals surface area contributed by atoms with Crippen molar-refractivity contribution in [3.8, 4) is 33.8 Å². The van der Waals surface area contributed by atoms with Crippen LogP contribution in [-0.4, -0.2) is 131 Å². The Morgan fingerprint density at radius 1 is 0.602 bits per heavy atom. The first-order chi connectivity index (χ1) is 40.0. The highest BCUT2D eigenvalue weighted by atomic mass is 16.5. The molecule has 7 aromatic rings. The maximum Gasteiger partial charge on any atom is 0.306 e. The second-order valence-corrected chi connectivity index (χ2v) is 19.6. The Morgan fingerprint density at radius 2 is 1.02 bits per heavy atom. The number of ketones is 1. The van der Waals surface area contributed by atoms with Gasteiger partial charge in [-0.3, -0.25) is 39.0 Å². The number of Topliss-reactive ketones (excluding diaryl/α,β-unsaturated/α-hetero) is 1. The van der Waals surface area contributed by atoms with Crippen LogP contribution in [0.25, 0.3) is 33.8 Å². The lowest BCUT2D eigenvalue weighted by Gasteiger charge is -2.34. The number of aliphatic carboxylic acids is 1. The van der Waals surface area contributed by atoms with Gasteiger partial charge >= 0.3 is 5.97 Å². The van der Waals surface area contributed by atoms with Crippen molar-refractivity contribution in [2.45, 2.75) is 88.6 Å². The quantitative estimate of drug-likeness (QED) is 0.0291. The molecule has 3 aliphatic rings. The van der Waals surface area contributed by atoms with Crippen LogP contribution in [0.15, 0.2) is 127 Å². The largest absolute Gasteiger partial charge is 0.481 e. The van der Waals surface area contributed by atoms with Crippen LogP contribution in [0.1, 0.15) is 108 Å². The number of rotatable bonds is 20. The predicted octanol–water partition coefficient (Wildman–Crippen LogP) is 5.24. The van der Waals surface area contributed by atoms with Gasteiger partial charge < -0.3 is 58.6 Å². The third-order valence-electron chi connectivity index (χ3n) is 13.7. The lowest BCUT2D eigenvalue weighted by molar-refractivity contribution is -0.145. The van der Waals surface area contributed by atoms with Gasteiger partial charge in [-0.05, 0) is 52.4 Å². The molecule has 10 rings (SSSR count). The Kier molecular flexibility index (Phi) is 22.2. The van der Waals surface area contributed by atoms with Crippen LogP contribution >= 0.6 is 0 Å². The topological polar surface area (TPSA) is 371 Å². The molecule has 4 heterocycles. The Bertz CT molecular complexity index is 3240. The highest BCUT2D eigenvalue weighted by Gasteiger charge is 2.38. The first kappa shape index (κ1) is 61.4. The number of hydrogen-bond acceptors (Lipinski definition) is 20. The number of ether oxygens (including phenoxy) is 3.